The highest BCUT2D eigenvalue weighted by Gasteiger charge is 2.44. The molecule has 0 aliphatic carbocycles. The van der Waals surface area contributed by atoms with Gasteiger partial charge in [-0.2, -0.15) is 0 Å². The molecule has 0 radical (unpaired) electrons. The second kappa shape index (κ2) is 10.2. The van der Waals surface area contributed by atoms with E-state index in [1.165, 1.54) is 18.3 Å². The van der Waals surface area contributed by atoms with Crippen molar-refractivity contribution in [1.82, 2.24) is 5.32 Å². The molecule has 5 atom stereocenters. The monoisotopic (exact) mass is 411 g/mol. The average Bonchev–Trinajstić information content (AvgIpc) is 3.17. The Bertz CT molecular complexity index is 766. The third kappa shape index (κ3) is 5.79. The van der Waals surface area contributed by atoms with Gasteiger partial charge in [0.25, 0.3) is 0 Å². The van der Waals surface area contributed by atoms with Crippen LogP contribution in [0.3, 0.4) is 0 Å². The molecule has 9 nitrogen and oxygen atoms in total. The topological polar surface area (TPSA) is 146 Å². The summed E-state index contributed by atoms with van der Waals surface area (Å²) in [5.41, 5.74) is 0. The van der Waals surface area contributed by atoms with E-state index in [0.717, 1.165) is 11.0 Å². The third-order valence-corrected chi connectivity index (χ3v) is 4.65. The van der Waals surface area contributed by atoms with Crippen molar-refractivity contribution in [2.75, 3.05) is 13.2 Å². The largest absolute Gasteiger partial charge is 0.478 e. The summed E-state index contributed by atoms with van der Waals surface area (Å²) in [7, 11) is 0. The zero-order valence-corrected chi connectivity index (χ0v) is 15.8. The number of carbonyl (C=O) groups is 2. The van der Waals surface area contributed by atoms with Crippen LogP contribution in [0.25, 0.3) is 0 Å². The van der Waals surface area contributed by atoms with Crippen LogP contribution in [-0.4, -0.2) is 76.0 Å². The lowest BCUT2D eigenvalue weighted by Crippen LogP contribution is -2.60. The molecule has 0 spiro atoms. The molecule has 0 unspecified atom stereocenters. The van der Waals surface area contributed by atoms with Crippen molar-refractivity contribution in [3.05, 3.63) is 34.2 Å². The maximum atomic E-state index is 11.6. The van der Waals surface area contributed by atoms with Gasteiger partial charge in [0.2, 0.25) is 11.7 Å². The lowest BCUT2D eigenvalue weighted by atomic mass is 9.93. The molecule has 0 aromatic carbocycles. The number of amides is 1. The molecule has 0 saturated carbocycles. The van der Waals surface area contributed by atoms with E-state index in [1.807, 2.05) is 17.5 Å². The standard InChI is InChI=1S/C18H21NO8S/c1-10(21)19-15-13(26-6-2-4-11-5-3-7-28-11)8-14(18(24)25)27-17(15)16(23)12(22)9-20/h3,5,7-8,12-13,15-17,20,22-23H,6,9H2,1H3,(H,19,21)(H,24,25)/t12-,13+,15-,16-,17-/m1/s1. The van der Waals surface area contributed by atoms with Gasteiger partial charge >= 0.3 is 5.97 Å². The maximum absolute atomic E-state index is 11.6. The van der Waals surface area contributed by atoms with Crippen molar-refractivity contribution in [1.29, 1.82) is 0 Å². The summed E-state index contributed by atoms with van der Waals surface area (Å²) in [6.45, 7) is 0.376. The van der Waals surface area contributed by atoms with Gasteiger partial charge in [0.15, 0.2) is 6.10 Å². The first-order chi connectivity index (χ1) is 13.3. The Hall–Kier alpha value is -2.42. The normalized spacial score (nSPS) is 23.4. The molecule has 2 rings (SSSR count). The second-order valence-electron chi connectivity index (χ2n) is 5.94. The molecule has 10 heteroatoms. The molecule has 5 N–H and O–H groups in total. The third-order valence-electron chi connectivity index (χ3n) is 3.87. The number of ether oxygens (including phenoxy) is 2. The molecule has 0 saturated heterocycles. The van der Waals surface area contributed by atoms with E-state index in [9.17, 15) is 24.9 Å². The fourth-order valence-corrected chi connectivity index (χ4v) is 3.18. The lowest BCUT2D eigenvalue weighted by molar-refractivity contribution is -0.151. The summed E-state index contributed by atoms with van der Waals surface area (Å²) in [4.78, 5) is 23.8. The highest BCUT2D eigenvalue weighted by molar-refractivity contribution is 7.10. The quantitative estimate of drug-likeness (QED) is 0.362. The summed E-state index contributed by atoms with van der Waals surface area (Å²) in [6.07, 6.45) is -4.48. The number of aliphatic carboxylic acids is 1. The van der Waals surface area contributed by atoms with Crippen molar-refractivity contribution in [3.8, 4) is 11.8 Å². The fraction of sp³-hybridized carbons (Fsp3) is 0.444. The van der Waals surface area contributed by atoms with Crippen molar-refractivity contribution < 1.29 is 39.5 Å². The smallest absolute Gasteiger partial charge is 0.370 e. The second-order valence-corrected chi connectivity index (χ2v) is 6.89. The van der Waals surface area contributed by atoms with Gasteiger partial charge in [-0.15, -0.1) is 11.3 Å². The molecular weight excluding hydrogens is 390 g/mol. The average molecular weight is 411 g/mol. The molecule has 1 aromatic rings. The van der Waals surface area contributed by atoms with Gasteiger partial charge in [-0.05, 0) is 17.5 Å². The number of carboxylic acids is 1. The van der Waals surface area contributed by atoms with Crippen LogP contribution in [-0.2, 0) is 19.1 Å². The highest BCUT2D eigenvalue weighted by Crippen LogP contribution is 2.24. The maximum Gasteiger partial charge on any atom is 0.370 e. The predicted molar refractivity (Wildman–Crippen MR) is 98.2 cm³/mol. The molecular formula is C18H21NO8S. The zero-order chi connectivity index (χ0) is 20.7. The van der Waals surface area contributed by atoms with Gasteiger partial charge in [-0.1, -0.05) is 17.9 Å². The Morgan fingerprint density at radius 1 is 1.43 bits per heavy atom. The van der Waals surface area contributed by atoms with Crippen LogP contribution in [0.5, 0.6) is 0 Å². The van der Waals surface area contributed by atoms with Crippen LogP contribution in [0.15, 0.2) is 29.3 Å². The van der Waals surface area contributed by atoms with Gasteiger partial charge in [-0.25, -0.2) is 4.79 Å². The van der Waals surface area contributed by atoms with Crippen LogP contribution in [0.2, 0.25) is 0 Å². The number of nitrogens with one attached hydrogen (secondary N) is 1. The summed E-state index contributed by atoms with van der Waals surface area (Å²) in [6, 6.07) is 2.67. The van der Waals surface area contributed by atoms with Crippen LogP contribution < -0.4 is 5.32 Å². The molecule has 0 bridgehead atoms. The number of aliphatic hydroxyl groups excluding tert-OH is 3. The molecule has 2 heterocycles. The zero-order valence-electron chi connectivity index (χ0n) is 14.9. The van der Waals surface area contributed by atoms with Crippen LogP contribution in [0, 0.1) is 11.8 Å². The number of aliphatic hydroxyl groups is 3. The minimum absolute atomic E-state index is 0.0760. The van der Waals surface area contributed by atoms with E-state index in [-0.39, 0.29) is 6.61 Å². The van der Waals surface area contributed by atoms with E-state index in [4.69, 9.17) is 14.6 Å². The van der Waals surface area contributed by atoms with Gasteiger partial charge in [0.1, 0.15) is 24.9 Å². The van der Waals surface area contributed by atoms with Gasteiger partial charge in [-0.3, -0.25) is 4.79 Å². The lowest BCUT2D eigenvalue weighted by Gasteiger charge is -2.39. The first-order valence-electron chi connectivity index (χ1n) is 8.33. The van der Waals surface area contributed by atoms with E-state index in [1.54, 1.807) is 0 Å². The highest BCUT2D eigenvalue weighted by atomic mass is 32.1. The van der Waals surface area contributed by atoms with E-state index in [2.05, 4.69) is 17.2 Å². The Balaban J connectivity index is 2.24. The van der Waals surface area contributed by atoms with Crippen molar-refractivity contribution in [3.63, 3.8) is 0 Å². The minimum atomic E-state index is -1.67. The van der Waals surface area contributed by atoms with Crippen molar-refractivity contribution >= 4 is 23.2 Å². The molecule has 152 valence electrons. The number of thiophene rings is 1. The van der Waals surface area contributed by atoms with E-state index >= 15 is 0 Å². The minimum Gasteiger partial charge on any atom is -0.478 e. The Kier molecular flexibility index (Phi) is 7.98. The fourth-order valence-electron chi connectivity index (χ4n) is 2.59. The number of hydrogen-bond acceptors (Lipinski definition) is 8. The molecule has 1 aliphatic rings. The Labute approximate surface area is 165 Å². The number of rotatable bonds is 7. The van der Waals surface area contributed by atoms with Crippen LogP contribution >= 0.6 is 11.3 Å². The summed E-state index contributed by atoms with van der Waals surface area (Å²) >= 11 is 1.45. The van der Waals surface area contributed by atoms with Crippen LogP contribution in [0.4, 0.5) is 0 Å². The van der Waals surface area contributed by atoms with E-state index < -0.39 is 54.7 Å². The predicted octanol–water partition coefficient (Wildman–Crippen LogP) is -0.929. The Morgan fingerprint density at radius 3 is 2.75 bits per heavy atom. The molecule has 1 amide bonds. The van der Waals surface area contributed by atoms with Gasteiger partial charge in [0, 0.05) is 6.92 Å². The Morgan fingerprint density at radius 2 is 2.18 bits per heavy atom. The molecule has 28 heavy (non-hydrogen) atoms. The molecule has 0 fully saturated rings. The molecule has 1 aliphatic heterocycles. The molecule has 1 aromatic heterocycles. The number of carboxylic acid groups (broad SMARTS) is 1. The summed E-state index contributed by atoms with van der Waals surface area (Å²) in [5.74, 6) is 3.28. The van der Waals surface area contributed by atoms with E-state index in [0.29, 0.717) is 0 Å². The van der Waals surface area contributed by atoms with Crippen LogP contribution in [0.1, 0.15) is 11.8 Å². The first kappa shape index (κ1) is 21.9. The summed E-state index contributed by atoms with van der Waals surface area (Å²) in [5, 5.41) is 42.7. The number of hydrogen-bond donors (Lipinski definition) is 5. The SMILES string of the molecule is CC(=O)N[C@H]1[C@H]([C@H](O)[C@H](O)CO)OC(C(=O)O)=C[C@@H]1OCC#Cc1cccs1. The summed E-state index contributed by atoms with van der Waals surface area (Å²) < 4.78 is 10.9. The first-order valence-corrected chi connectivity index (χ1v) is 9.21. The van der Waals surface area contributed by atoms with Crippen molar-refractivity contribution in [2.24, 2.45) is 0 Å². The van der Waals surface area contributed by atoms with Gasteiger partial charge < -0.3 is 35.2 Å². The number of carbonyl (C=O) groups excluding carboxylic acids is 1. The van der Waals surface area contributed by atoms with Crippen molar-refractivity contribution in [2.45, 2.75) is 37.4 Å². The van der Waals surface area contributed by atoms with Gasteiger partial charge in [0.05, 0.1) is 17.5 Å².